The van der Waals surface area contributed by atoms with Gasteiger partial charge in [-0.25, -0.2) is 0 Å². The topological polar surface area (TPSA) is 32.3 Å². The highest BCUT2D eigenvalue weighted by Crippen LogP contribution is 2.30. The molecule has 1 saturated heterocycles. The first-order valence-electron chi connectivity index (χ1n) is 6.71. The summed E-state index contributed by atoms with van der Waals surface area (Å²) in [5.41, 5.74) is 0. The Morgan fingerprint density at radius 3 is 2.53 bits per heavy atom. The second kappa shape index (κ2) is 5.31. The average molecular weight is 211 g/mol. The summed E-state index contributed by atoms with van der Waals surface area (Å²) in [6.45, 7) is 2.27. The van der Waals surface area contributed by atoms with E-state index < -0.39 is 0 Å². The maximum Gasteiger partial charge on any atom is 0.0583 e. The van der Waals surface area contributed by atoms with E-state index in [1.807, 2.05) is 0 Å². The Morgan fingerprint density at radius 2 is 1.73 bits per heavy atom. The van der Waals surface area contributed by atoms with E-state index in [4.69, 9.17) is 0 Å². The first-order chi connectivity index (χ1) is 7.27. The van der Waals surface area contributed by atoms with Crippen LogP contribution in [0.2, 0.25) is 0 Å². The molecule has 4 unspecified atom stereocenters. The summed E-state index contributed by atoms with van der Waals surface area (Å²) in [7, 11) is 0. The van der Waals surface area contributed by atoms with Gasteiger partial charge in [0.2, 0.25) is 0 Å². The third kappa shape index (κ3) is 2.94. The maximum atomic E-state index is 10.1. The van der Waals surface area contributed by atoms with E-state index in [1.54, 1.807) is 0 Å². The van der Waals surface area contributed by atoms with Crippen LogP contribution in [0.5, 0.6) is 0 Å². The molecule has 0 spiro atoms. The summed E-state index contributed by atoms with van der Waals surface area (Å²) in [4.78, 5) is 0. The second-order valence-electron chi connectivity index (χ2n) is 5.47. The number of hydrogen-bond donors (Lipinski definition) is 2. The molecule has 0 radical (unpaired) electrons. The van der Waals surface area contributed by atoms with E-state index >= 15 is 0 Å². The molecule has 0 aromatic rings. The minimum Gasteiger partial charge on any atom is -0.393 e. The van der Waals surface area contributed by atoms with Crippen LogP contribution in [0.25, 0.3) is 0 Å². The Morgan fingerprint density at radius 1 is 0.933 bits per heavy atom. The van der Waals surface area contributed by atoms with Crippen molar-refractivity contribution in [3.8, 4) is 0 Å². The number of hydrogen-bond acceptors (Lipinski definition) is 2. The van der Waals surface area contributed by atoms with Gasteiger partial charge in [0.05, 0.1) is 6.10 Å². The van der Waals surface area contributed by atoms with Crippen LogP contribution in [0.1, 0.15) is 58.3 Å². The average Bonchev–Trinajstić information content (AvgIpc) is 2.43. The fourth-order valence-electron chi connectivity index (χ4n) is 3.30. The summed E-state index contributed by atoms with van der Waals surface area (Å²) in [6, 6.07) is 1.24. The Balaban J connectivity index is 1.94. The lowest BCUT2D eigenvalue weighted by Crippen LogP contribution is -2.48. The molecule has 88 valence electrons. The predicted molar refractivity (Wildman–Crippen MR) is 62.8 cm³/mol. The van der Waals surface area contributed by atoms with Gasteiger partial charge in [0, 0.05) is 18.0 Å². The Kier molecular flexibility index (Phi) is 4.04. The molecule has 0 amide bonds. The highest BCUT2D eigenvalue weighted by molar-refractivity contribution is 4.88. The molecule has 0 aromatic carbocycles. The standard InChI is InChI=1S/C13H25NO/c1-10-6-5-8-12(14-10)11-7-3-2-4-9-13(11)15/h10-15H,2-9H2,1H3. The molecule has 2 aliphatic rings. The van der Waals surface area contributed by atoms with Crippen LogP contribution in [0.3, 0.4) is 0 Å². The fourth-order valence-corrected chi connectivity index (χ4v) is 3.30. The van der Waals surface area contributed by atoms with Crippen LogP contribution < -0.4 is 5.32 Å². The predicted octanol–water partition coefficient (Wildman–Crippen LogP) is 2.46. The fraction of sp³-hybridized carbons (Fsp3) is 1.00. The zero-order valence-corrected chi connectivity index (χ0v) is 9.91. The monoisotopic (exact) mass is 211 g/mol. The lowest BCUT2D eigenvalue weighted by atomic mass is 9.83. The van der Waals surface area contributed by atoms with E-state index in [9.17, 15) is 5.11 Å². The van der Waals surface area contributed by atoms with Crippen LogP contribution in [0.4, 0.5) is 0 Å². The molecule has 1 heterocycles. The zero-order chi connectivity index (χ0) is 10.7. The molecule has 2 rings (SSSR count). The molecule has 15 heavy (non-hydrogen) atoms. The van der Waals surface area contributed by atoms with Gasteiger partial charge < -0.3 is 10.4 Å². The molecule has 2 N–H and O–H groups in total. The van der Waals surface area contributed by atoms with Gasteiger partial charge in [0.1, 0.15) is 0 Å². The normalized spacial score (nSPS) is 43.6. The highest BCUT2D eigenvalue weighted by atomic mass is 16.3. The molecule has 0 bridgehead atoms. The smallest absolute Gasteiger partial charge is 0.0583 e. The van der Waals surface area contributed by atoms with Gasteiger partial charge in [-0.2, -0.15) is 0 Å². The Bertz CT molecular complexity index is 195. The van der Waals surface area contributed by atoms with Crippen molar-refractivity contribution in [2.45, 2.75) is 76.5 Å². The van der Waals surface area contributed by atoms with Crippen LogP contribution in [0.15, 0.2) is 0 Å². The molecule has 4 atom stereocenters. The highest BCUT2D eigenvalue weighted by Gasteiger charge is 2.31. The van der Waals surface area contributed by atoms with E-state index in [0.717, 1.165) is 6.42 Å². The summed E-state index contributed by atoms with van der Waals surface area (Å²) in [5, 5.41) is 13.8. The molecular weight excluding hydrogens is 186 g/mol. The van der Waals surface area contributed by atoms with Crippen molar-refractivity contribution in [1.82, 2.24) is 5.32 Å². The largest absolute Gasteiger partial charge is 0.393 e. The molecule has 1 aliphatic carbocycles. The summed E-state index contributed by atoms with van der Waals surface area (Å²) in [5.74, 6) is 0.523. The minimum absolute atomic E-state index is 0.0460. The minimum atomic E-state index is -0.0460. The number of aliphatic hydroxyl groups excluding tert-OH is 1. The molecule has 2 fully saturated rings. The van der Waals surface area contributed by atoms with Crippen LogP contribution >= 0.6 is 0 Å². The van der Waals surface area contributed by atoms with E-state index in [-0.39, 0.29) is 6.10 Å². The van der Waals surface area contributed by atoms with Crippen LogP contribution in [-0.2, 0) is 0 Å². The quantitative estimate of drug-likeness (QED) is 0.653. The Hall–Kier alpha value is -0.0800. The van der Waals surface area contributed by atoms with Crippen molar-refractivity contribution in [1.29, 1.82) is 0 Å². The number of aliphatic hydroxyl groups is 1. The molecule has 2 nitrogen and oxygen atoms in total. The lowest BCUT2D eigenvalue weighted by Gasteiger charge is -2.36. The molecule has 0 aromatic heterocycles. The summed E-state index contributed by atoms with van der Waals surface area (Å²) in [6.07, 6.45) is 9.97. The number of nitrogens with one attached hydrogen (secondary N) is 1. The number of rotatable bonds is 1. The van der Waals surface area contributed by atoms with Crippen LogP contribution in [0, 0.1) is 5.92 Å². The van der Waals surface area contributed by atoms with Crippen molar-refractivity contribution >= 4 is 0 Å². The SMILES string of the molecule is CC1CCCC(C2CCCCCC2O)N1. The third-order valence-corrected chi connectivity index (χ3v) is 4.20. The first-order valence-corrected chi connectivity index (χ1v) is 6.71. The van der Waals surface area contributed by atoms with Crippen molar-refractivity contribution in [2.75, 3.05) is 0 Å². The van der Waals surface area contributed by atoms with Crippen molar-refractivity contribution in [3.05, 3.63) is 0 Å². The molecule has 1 saturated carbocycles. The zero-order valence-electron chi connectivity index (χ0n) is 9.91. The first kappa shape index (κ1) is 11.4. The summed E-state index contributed by atoms with van der Waals surface area (Å²) < 4.78 is 0. The van der Waals surface area contributed by atoms with Crippen molar-refractivity contribution < 1.29 is 5.11 Å². The van der Waals surface area contributed by atoms with Crippen molar-refractivity contribution in [2.24, 2.45) is 5.92 Å². The maximum absolute atomic E-state index is 10.1. The van der Waals surface area contributed by atoms with Gasteiger partial charge in [0.25, 0.3) is 0 Å². The van der Waals surface area contributed by atoms with E-state index in [1.165, 1.54) is 44.9 Å². The molecular formula is C13H25NO. The van der Waals surface area contributed by atoms with E-state index in [0.29, 0.717) is 18.0 Å². The number of piperidine rings is 1. The Labute approximate surface area is 93.5 Å². The van der Waals surface area contributed by atoms with E-state index in [2.05, 4.69) is 12.2 Å². The molecule has 2 heteroatoms. The molecule has 1 aliphatic heterocycles. The van der Waals surface area contributed by atoms with Crippen LogP contribution in [-0.4, -0.2) is 23.3 Å². The van der Waals surface area contributed by atoms with Crippen molar-refractivity contribution in [3.63, 3.8) is 0 Å². The van der Waals surface area contributed by atoms with Gasteiger partial charge in [-0.1, -0.05) is 25.7 Å². The van der Waals surface area contributed by atoms with Gasteiger partial charge in [-0.05, 0) is 32.6 Å². The lowest BCUT2D eigenvalue weighted by molar-refractivity contribution is 0.0657. The van der Waals surface area contributed by atoms with Gasteiger partial charge in [-0.3, -0.25) is 0 Å². The van der Waals surface area contributed by atoms with Gasteiger partial charge in [0.15, 0.2) is 0 Å². The second-order valence-corrected chi connectivity index (χ2v) is 5.47. The summed E-state index contributed by atoms with van der Waals surface area (Å²) >= 11 is 0. The van der Waals surface area contributed by atoms with Gasteiger partial charge >= 0.3 is 0 Å². The third-order valence-electron chi connectivity index (χ3n) is 4.20. The van der Waals surface area contributed by atoms with Gasteiger partial charge in [-0.15, -0.1) is 0 Å².